The van der Waals surface area contributed by atoms with E-state index in [2.05, 4.69) is 15.3 Å². The number of hydrogen-bond donors (Lipinski definition) is 1. The Bertz CT molecular complexity index is 1280. The molecule has 0 saturated heterocycles. The molecule has 0 aliphatic carbocycles. The average molecular weight is 470 g/mol. The highest BCUT2D eigenvalue weighted by Crippen LogP contribution is 2.28. The van der Waals surface area contributed by atoms with Crippen LogP contribution in [0.4, 0.5) is 0 Å². The Balaban J connectivity index is 1.38. The number of nitrogens with one attached hydrogen (secondary N) is 1. The molecule has 0 aliphatic rings. The Hall–Kier alpha value is -4.39. The van der Waals surface area contributed by atoms with Gasteiger partial charge >= 0.3 is 0 Å². The number of carbonyl (C=O) groups excluding carboxylic acids is 1. The first kappa shape index (κ1) is 23.8. The number of amides is 1. The molecule has 0 atom stereocenters. The van der Waals surface area contributed by atoms with Crippen LogP contribution in [-0.2, 0) is 13.0 Å². The van der Waals surface area contributed by atoms with Gasteiger partial charge in [0.15, 0.2) is 11.5 Å². The van der Waals surface area contributed by atoms with E-state index in [0.29, 0.717) is 42.5 Å². The maximum atomic E-state index is 12.6. The van der Waals surface area contributed by atoms with Crippen LogP contribution < -0.4 is 19.5 Å². The third-order valence-electron chi connectivity index (χ3n) is 5.39. The van der Waals surface area contributed by atoms with E-state index >= 15 is 0 Å². The minimum Gasteiger partial charge on any atom is -0.493 e. The first-order valence-corrected chi connectivity index (χ1v) is 11.3. The highest BCUT2D eigenvalue weighted by molar-refractivity contribution is 5.95. The fraction of sp³-hybridized carbons (Fsp3) is 0.179. The van der Waals surface area contributed by atoms with Crippen LogP contribution in [0.5, 0.6) is 17.4 Å². The predicted molar refractivity (Wildman–Crippen MR) is 134 cm³/mol. The molecule has 7 heteroatoms. The molecule has 0 bridgehead atoms. The van der Waals surface area contributed by atoms with Crippen LogP contribution in [0.1, 0.15) is 21.6 Å². The van der Waals surface area contributed by atoms with Crippen molar-refractivity contribution < 1.29 is 19.0 Å². The van der Waals surface area contributed by atoms with Crippen LogP contribution in [0, 0.1) is 0 Å². The van der Waals surface area contributed by atoms with Gasteiger partial charge in [0.1, 0.15) is 0 Å². The van der Waals surface area contributed by atoms with Crippen molar-refractivity contribution in [1.29, 1.82) is 0 Å². The van der Waals surface area contributed by atoms with Crippen molar-refractivity contribution in [2.24, 2.45) is 0 Å². The van der Waals surface area contributed by atoms with E-state index in [1.54, 1.807) is 26.5 Å². The molecule has 0 radical (unpaired) electrons. The van der Waals surface area contributed by atoms with Gasteiger partial charge in [-0.3, -0.25) is 9.78 Å². The molecule has 178 valence electrons. The minimum absolute atomic E-state index is 0.167. The van der Waals surface area contributed by atoms with Gasteiger partial charge in [-0.05, 0) is 48.0 Å². The second-order valence-electron chi connectivity index (χ2n) is 7.73. The van der Waals surface area contributed by atoms with E-state index in [1.807, 2.05) is 72.8 Å². The van der Waals surface area contributed by atoms with E-state index in [9.17, 15) is 4.79 Å². The van der Waals surface area contributed by atoms with E-state index in [-0.39, 0.29) is 5.91 Å². The van der Waals surface area contributed by atoms with Crippen molar-refractivity contribution in [1.82, 2.24) is 15.3 Å². The number of carbonyl (C=O) groups is 1. The summed E-state index contributed by atoms with van der Waals surface area (Å²) in [5.74, 6) is 1.74. The lowest BCUT2D eigenvalue weighted by Crippen LogP contribution is -2.23. The topological polar surface area (TPSA) is 82.6 Å². The van der Waals surface area contributed by atoms with Crippen LogP contribution in [0.25, 0.3) is 11.3 Å². The smallest absolute Gasteiger partial charge is 0.251 e. The maximum Gasteiger partial charge on any atom is 0.251 e. The molecule has 1 N–H and O–H groups in total. The predicted octanol–water partition coefficient (Wildman–Crippen LogP) is 4.71. The Morgan fingerprint density at radius 1 is 0.886 bits per heavy atom. The van der Waals surface area contributed by atoms with Crippen LogP contribution >= 0.6 is 0 Å². The average Bonchev–Trinajstić information content (AvgIpc) is 2.92. The molecule has 2 aromatic heterocycles. The van der Waals surface area contributed by atoms with Gasteiger partial charge in [-0.15, -0.1) is 0 Å². The lowest BCUT2D eigenvalue weighted by Gasteiger charge is -2.11. The maximum absolute atomic E-state index is 12.6. The van der Waals surface area contributed by atoms with Gasteiger partial charge in [-0.1, -0.05) is 30.3 Å². The summed E-state index contributed by atoms with van der Waals surface area (Å²) in [6.45, 7) is 0.827. The van der Waals surface area contributed by atoms with Crippen LogP contribution in [0.2, 0.25) is 0 Å². The second-order valence-corrected chi connectivity index (χ2v) is 7.73. The SMILES string of the molecule is COc1ccc(CCOc2cccc(-c3cccc(C(=O)NCc4ccccn4)c3)n2)cc1OC. The number of pyridine rings is 2. The third-order valence-corrected chi connectivity index (χ3v) is 5.39. The Labute approximate surface area is 204 Å². The molecule has 1 amide bonds. The molecule has 7 nitrogen and oxygen atoms in total. The fourth-order valence-corrected chi connectivity index (χ4v) is 3.56. The number of ether oxygens (including phenoxy) is 3. The number of methoxy groups -OCH3 is 2. The summed E-state index contributed by atoms with van der Waals surface area (Å²) in [6.07, 6.45) is 2.40. The highest BCUT2D eigenvalue weighted by Gasteiger charge is 2.09. The van der Waals surface area contributed by atoms with Crippen LogP contribution in [-0.4, -0.2) is 36.7 Å². The lowest BCUT2D eigenvalue weighted by atomic mass is 10.1. The van der Waals surface area contributed by atoms with Gasteiger partial charge < -0.3 is 19.5 Å². The van der Waals surface area contributed by atoms with Crippen molar-refractivity contribution in [3.63, 3.8) is 0 Å². The summed E-state index contributed by atoms with van der Waals surface area (Å²) >= 11 is 0. The van der Waals surface area contributed by atoms with E-state index in [0.717, 1.165) is 22.5 Å². The molecule has 0 aliphatic heterocycles. The van der Waals surface area contributed by atoms with Crippen molar-refractivity contribution >= 4 is 5.91 Å². The molecule has 4 aromatic rings. The zero-order chi connectivity index (χ0) is 24.5. The van der Waals surface area contributed by atoms with E-state index in [4.69, 9.17) is 14.2 Å². The Morgan fingerprint density at radius 2 is 1.74 bits per heavy atom. The molecular formula is C28H27N3O4. The van der Waals surface area contributed by atoms with Gasteiger partial charge in [-0.2, -0.15) is 0 Å². The molecule has 35 heavy (non-hydrogen) atoms. The molecule has 0 unspecified atom stereocenters. The molecular weight excluding hydrogens is 442 g/mol. The summed E-state index contributed by atoms with van der Waals surface area (Å²) in [7, 11) is 3.23. The number of hydrogen-bond acceptors (Lipinski definition) is 6. The first-order chi connectivity index (χ1) is 17.2. The van der Waals surface area contributed by atoms with E-state index < -0.39 is 0 Å². The van der Waals surface area contributed by atoms with Gasteiger partial charge in [0.2, 0.25) is 5.88 Å². The molecule has 2 heterocycles. The number of benzene rings is 2. The molecule has 4 rings (SSSR count). The summed E-state index contributed by atoms with van der Waals surface area (Å²) < 4.78 is 16.5. The zero-order valence-electron chi connectivity index (χ0n) is 19.7. The molecule has 0 saturated carbocycles. The highest BCUT2D eigenvalue weighted by atomic mass is 16.5. The van der Waals surface area contributed by atoms with Gasteiger partial charge in [0.25, 0.3) is 5.91 Å². The largest absolute Gasteiger partial charge is 0.493 e. The third kappa shape index (κ3) is 6.35. The van der Waals surface area contributed by atoms with Crippen LogP contribution in [0.15, 0.2) is 85.1 Å². The number of rotatable bonds is 10. The Morgan fingerprint density at radius 3 is 2.54 bits per heavy atom. The van der Waals surface area contributed by atoms with Crippen molar-refractivity contribution in [2.75, 3.05) is 20.8 Å². The Kier molecular flexibility index (Phi) is 7.91. The standard InChI is InChI=1S/C28H27N3O4/c1-33-25-13-12-20(17-26(25)34-2)14-16-35-27-11-6-10-24(31-27)21-7-5-8-22(18-21)28(32)30-19-23-9-3-4-15-29-23/h3-13,15,17-18H,14,16,19H2,1-2H3,(H,30,32). The second kappa shape index (κ2) is 11.7. The van der Waals surface area contributed by atoms with Gasteiger partial charge in [0.05, 0.1) is 38.8 Å². The van der Waals surface area contributed by atoms with Gasteiger partial charge in [-0.25, -0.2) is 4.98 Å². The minimum atomic E-state index is -0.167. The number of aromatic nitrogens is 2. The lowest BCUT2D eigenvalue weighted by molar-refractivity contribution is 0.0950. The summed E-state index contributed by atoms with van der Waals surface area (Å²) in [6, 6.07) is 24.4. The summed E-state index contributed by atoms with van der Waals surface area (Å²) in [5, 5.41) is 2.90. The first-order valence-electron chi connectivity index (χ1n) is 11.3. The normalized spacial score (nSPS) is 10.5. The quantitative estimate of drug-likeness (QED) is 0.362. The number of nitrogens with zero attached hydrogens (tertiary/aromatic N) is 2. The fourth-order valence-electron chi connectivity index (χ4n) is 3.56. The molecule has 0 fully saturated rings. The van der Waals surface area contributed by atoms with Crippen molar-refractivity contribution in [2.45, 2.75) is 13.0 Å². The van der Waals surface area contributed by atoms with E-state index in [1.165, 1.54) is 0 Å². The van der Waals surface area contributed by atoms with Crippen molar-refractivity contribution in [3.05, 3.63) is 102 Å². The van der Waals surface area contributed by atoms with Crippen molar-refractivity contribution in [3.8, 4) is 28.6 Å². The molecule has 2 aromatic carbocycles. The monoisotopic (exact) mass is 469 g/mol. The zero-order valence-corrected chi connectivity index (χ0v) is 19.7. The summed E-state index contributed by atoms with van der Waals surface area (Å²) in [4.78, 5) is 21.5. The molecule has 0 spiro atoms. The van der Waals surface area contributed by atoms with Crippen LogP contribution in [0.3, 0.4) is 0 Å². The van der Waals surface area contributed by atoms with Gasteiger partial charge in [0, 0.05) is 29.8 Å². The summed E-state index contributed by atoms with van der Waals surface area (Å²) in [5.41, 5.74) is 3.99.